The van der Waals surface area contributed by atoms with Crippen molar-refractivity contribution >= 4 is 0 Å². The first-order chi connectivity index (χ1) is 8.18. The fourth-order valence-corrected chi connectivity index (χ4v) is 0.759. The van der Waals surface area contributed by atoms with Crippen molar-refractivity contribution in [1.29, 1.82) is 0 Å². The Morgan fingerprint density at radius 2 is 1.11 bits per heavy atom. The molecule has 0 amide bonds. The predicted molar refractivity (Wildman–Crippen MR) is 85.3 cm³/mol. The molecule has 19 heavy (non-hydrogen) atoms. The molecule has 0 aliphatic carbocycles. The van der Waals surface area contributed by atoms with E-state index in [4.69, 9.17) is 4.74 Å². The standard InChI is InChI=1S/C9H18O.C8H16O/c1-7-8(2,3)9(4,5)10-6;1-6-7(2,3)8(4,5)9/h7H,1H2,2-6H3;6,9H,1H2,2-5H3. The van der Waals surface area contributed by atoms with E-state index >= 15 is 0 Å². The summed E-state index contributed by atoms with van der Waals surface area (Å²) in [6.45, 7) is 23.3. The van der Waals surface area contributed by atoms with Crippen molar-refractivity contribution in [2.75, 3.05) is 7.11 Å². The minimum absolute atomic E-state index is 0.0295. The highest BCUT2D eigenvalue weighted by Crippen LogP contribution is 2.33. The van der Waals surface area contributed by atoms with Gasteiger partial charge in [0.05, 0.1) is 11.2 Å². The van der Waals surface area contributed by atoms with Crippen LogP contribution in [0.1, 0.15) is 55.4 Å². The third-order valence-corrected chi connectivity index (χ3v) is 4.66. The molecule has 0 bridgehead atoms. The van der Waals surface area contributed by atoms with Crippen molar-refractivity contribution in [2.24, 2.45) is 10.8 Å². The molecule has 0 aromatic carbocycles. The highest BCUT2D eigenvalue weighted by Gasteiger charge is 2.34. The number of hydrogen-bond donors (Lipinski definition) is 1. The van der Waals surface area contributed by atoms with Crippen molar-refractivity contribution in [3.63, 3.8) is 0 Å². The lowest BCUT2D eigenvalue weighted by molar-refractivity contribution is -0.0483. The van der Waals surface area contributed by atoms with Gasteiger partial charge >= 0.3 is 0 Å². The van der Waals surface area contributed by atoms with Crippen molar-refractivity contribution in [1.82, 2.24) is 0 Å². The lowest BCUT2D eigenvalue weighted by Crippen LogP contribution is -2.39. The lowest BCUT2D eigenvalue weighted by Gasteiger charge is -2.37. The lowest BCUT2D eigenvalue weighted by atomic mass is 9.77. The summed E-state index contributed by atoms with van der Waals surface area (Å²) in [5.41, 5.74) is -0.974. The SMILES string of the molecule is C=CC(C)(C)C(C)(C)O.C=CC(C)(C)C(C)(C)OC. The van der Waals surface area contributed by atoms with E-state index in [2.05, 4.69) is 40.9 Å². The smallest absolute Gasteiger partial charge is 0.0707 e. The van der Waals surface area contributed by atoms with Crippen LogP contribution in [-0.2, 0) is 4.74 Å². The number of hydrogen-bond acceptors (Lipinski definition) is 2. The van der Waals surface area contributed by atoms with Crippen molar-refractivity contribution in [2.45, 2.75) is 66.6 Å². The summed E-state index contributed by atoms with van der Waals surface area (Å²) in [5.74, 6) is 0. The van der Waals surface area contributed by atoms with Gasteiger partial charge < -0.3 is 9.84 Å². The van der Waals surface area contributed by atoms with Crippen LogP contribution in [0.2, 0.25) is 0 Å². The van der Waals surface area contributed by atoms with E-state index in [1.165, 1.54) is 0 Å². The molecule has 0 fully saturated rings. The molecule has 0 spiro atoms. The molecule has 0 saturated heterocycles. The Balaban J connectivity index is 0. The summed E-state index contributed by atoms with van der Waals surface area (Å²) >= 11 is 0. The van der Waals surface area contributed by atoms with Gasteiger partial charge in [0.2, 0.25) is 0 Å². The molecule has 0 atom stereocenters. The third-order valence-electron chi connectivity index (χ3n) is 4.66. The monoisotopic (exact) mass is 270 g/mol. The minimum atomic E-state index is -0.672. The number of ether oxygens (including phenoxy) is 1. The average molecular weight is 270 g/mol. The molecule has 0 saturated carbocycles. The molecule has 2 nitrogen and oxygen atoms in total. The van der Waals surface area contributed by atoms with Crippen LogP contribution >= 0.6 is 0 Å². The first-order valence-electron chi connectivity index (χ1n) is 6.73. The summed E-state index contributed by atoms with van der Waals surface area (Å²) < 4.78 is 5.32. The molecular weight excluding hydrogens is 236 g/mol. The van der Waals surface area contributed by atoms with Gasteiger partial charge in [-0.2, -0.15) is 0 Å². The number of methoxy groups -OCH3 is 1. The molecule has 0 rings (SSSR count). The van der Waals surface area contributed by atoms with Gasteiger partial charge in [0, 0.05) is 17.9 Å². The molecule has 0 aliphatic rings. The van der Waals surface area contributed by atoms with Gasteiger partial charge in [0.15, 0.2) is 0 Å². The molecule has 2 heteroatoms. The second-order valence-electron chi connectivity index (χ2n) is 7.13. The van der Waals surface area contributed by atoms with Gasteiger partial charge in [-0.3, -0.25) is 0 Å². The minimum Gasteiger partial charge on any atom is -0.390 e. The van der Waals surface area contributed by atoms with E-state index in [9.17, 15) is 5.11 Å². The predicted octanol–water partition coefficient (Wildman–Crippen LogP) is 4.59. The van der Waals surface area contributed by atoms with Crippen LogP contribution in [0.5, 0.6) is 0 Å². The molecular formula is C17H34O2. The van der Waals surface area contributed by atoms with E-state index in [1.807, 2.05) is 19.9 Å². The van der Waals surface area contributed by atoms with E-state index in [-0.39, 0.29) is 16.4 Å². The van der Waals surface area contributed by atoms with Gasteiger partial charge in [-0.05, 0) is 27.7 Å². The first kappa shape index (κ1) is 20.7. The van der Waals surface area contributed by atoms with E-state index in [0.717, 1.165) is 0 Å². The molecule has 0 heterocycles. The molecule has 114 valence electrons. The fraction of sp³-hybridized carbons (Fsp3) is 0.765. The van der Waals surface area contributed by atoms with Crippen molar-refractivity contribution < 1.29 is 9.84 Å². The summed E-state index contributed by atoms with van der Waals surface area (Å²) in [6.07, 6.45) is 3.70. The van der Waals surface area contributed by atoms with Crippen LogP contribution in [0.25, 0.3) is 0 Å². The Labute approximate surface area is 120 Å². The summed E-state index contributed by atoms with van der Waals surface area (Å²) in [5, 5.41) is 9.47. The molecule has 1 N–H and O–H groups in total. The topological polar surface area (TPSA) is 29.5 Å². The highest BCUT2D eigenvalue weighted by atomic mass is 16.5. The van der Waals surface area contributed by atoms with E-state index in [0.29, 0.717) is 0 Å². The summed E-state index contributed by atoms with van der Waals surface area (Å²) in [7, 11) is 1.73. The zero-order valence-electron chi connectivity index (χ0n) is 14.4. The fourth-order valence-electron chi connectivity index (χ4n) is 0.759. The zero-order valence-corrected chi connectivity index (χ0v) is 14.4. The number of rotatable bonds is 5. The Morgan fingerprint density at radius 3 is 1.16 bits per heavy atom. The van der Waals surface area contributed by atoms with Crippen LogP contribution in [0.4, 0.5) is 0 Å². The first-order valence-corrected chi connectivity index (χ1v) is 6.73. The zero-order chi connectivity index (χ0) is 16.1. The van der Waals surface area contributed by atoms with Gasteiger partial charge in [-0.1, -0.05) is 39.8 Å². The Kier molecular flexibility index (Phi) is 7.32. The highest BCUT2D eigenvalue weighted by molar-refractivity contribution is 4.99. The molecule has 0 aromatic rings. The van der Waals surface area contributed by atoms with Crippen molar-refractivity contribution in [3.05, 3.63) is 25.3 Å². The van der Waals surface area contributed by atoms with Crippen LogP contribution in [0, 0.1) is 10.8 Å². The van der Waals surface area contributed by atoms with Gasteiger partial charge in [0.1, 0.15) is 0 Å². The third kappa shape index (κ3) is 5.92. The van der Waals surface area contributed by atoms with Crippen molar-refractivity contribution in [3.8, 4) is 0 Å². The molecule has 0 aliphatic heterocycles. The Bertz CT molecular complexity index is 291. The summed E-state index contributed by atoms with van der Waals surface area (Å²) in [6, 6.07) is 0. The average Bonchev–Trinajstić information content (AvgIpc) is 2.28. The van der Waals surface area contributed by atoms with Gasteiger partial charge in [0.25, 0.3) is 0 Å². The number of aliphatic hydroxyl groups is 1. The largest absolute Gasteiger partial charge is 0.390 e. The van der Waals surface area contributed by atoms with Crippen LogP contribution in [0.15, 0.2) is 25.3 Å². The van der Waals surface area contributed by atoms with Gasteiger partial charge in [-0.15, -0.1) is 13.2 Å². The second kappa shape index (κ2) is 6.71. The van der Waals surface area contributed by atoms with Gasteiger partial charge in [-0.25, -0.2) is 0 Å². The maximum Gasteiger partial charge on any atom is 0.0707 e. The van der Waals surface area contributed by atoms with E-state index < -0.39 is 5.60 Å². The normalized spacial score (nSPS) is 13.4. The van der Waals surface area contributed by atoms with Crippen LogP contribution < -0.4 is 0 Å². The Hall–Kier alpha value is -0.600. The van der Waals surface area contributed by atoms with E-state index in [1.54, 1.807) is 27.0 Å². The molecule has 0 aromatic heterocycles. The molecule has 0 unspecified atom stereocenters. The summed E-state index contributed by atoms with van der Waals surface area (Å²) in [4.78, 5) is 0. The molecule has 0 radical (unpaired) electrons. The quantitative estimate of drug-likeness (QED) is 0.740. The maximum atomic E-state index is 9.47. The van der Waals surface area contributed by atoms with Crippen LogP contribution in [0.3, 0.4) is 0 Å². The second-order valence-corrected chi connectivity index (χ2v) is 7.13. The van der Waals surface area contributed by atoms with Crippen LogP contribution in [-0.4, -0.2) is 23.4 Å². The maximum absolute atomic E-state index is 9.47. The Morgan fingerprint density at radius 1 is 0.789 bits per heavy atom.